The summed E-state index contributed by atoms with van der Waals surface area (Å²) in [5.74, 6) is -0.275. The molecule has 2 rings (SSSR count). The first-order valence-electron chi connectivity index (χ1n) is 6.86. The first kappa shape index (κ1) is 16.2. The summed E-state index contributed by atoms with van der Waals surface area (Å²) in [5, 5.41) is 5.05. The highest BCUT2D eigenvalue weighted by molar-refractivity contribution is 5.93. The molecular formula is C16H16N4O3. The van der Waals surface area contributed by atoms with Crippen LogP contribution >= 0.6 is 0 Å². The van der Waals surface area contributed by atoms with Crippen molar-refractivity contribution < 1.29 is 9.59 Å². The predicted octanol–water partition coefficient (Wildman–Crippen LogP) is 1.26. The van der Waals surface area contributed by atoms with Crippen LogP contribution in [-0.4, -0.2) is 28.8 Å². The molecule has 118 valence electrons. The van der Waals surface area contributed by atoms with Crippen LogP contribution in [0, 0.1) is 0 Å². The molecule has 0 aliphatic rings. The van der Waals surface area contributed by atoms with Crippen molar-refractivity contribution >= 4 is 29.7 Å². The fourth-order valence-electron chi connectivity index (χ4n) is 1.85. The smallest absolute Gasteiger partial charge is 0.263 e. The number of anilines is 1. The molecule has 0 radical (unpaired) electrons. The molecule has 0 bridgehead atoms. The zero-order chi connectivity index (χ0) is 16.8. The normalized spacial score (nSPS) is 10.5. The van der Waals surface area contributed by atoms with E-state index in [1.165, 1.54) is 20.2 Å². The van der Waals surface area contributed by atoms with Crippen LogP contribution in [0.25, 0.3) is 12.2 Å². The van der Waals surface area contributed by atoms with Crippen LogP contribution in [0.2, 0.25) is 0 Å². The highest BCUT2D eigenvalue weighted by atomic mass is 16.2. The van der Waals surface area contributed by atoms with Gasteiger partial charge in [0, 0.05) is 25.9 Å². The summed E-state index contributed by atoms with van der Waals surface area (Å²) in [6.45, 7) is 1.44. The number of hydrogen-bond acceptors (Lipinski definition) is 4. The minimum atomic E-state index is -0.500. The van der Waals surface area contributed by atoms with Crippen LogP contribution in [0.15, 0.2) is 35.3 Å². The Balaban J connectivity index is 2.14. The second-order valence-electron chi connectivity index (χ2n) is 4.73. The van der Waals surface area contributed by atoms with E-state index in [1.54, 1.807) is 24.3 Å². The van der Waals surface area contributed by atoms with Crippen molar-refractivity contribution in [2.24, 2.45) is 0 Å². The quantitative estimate of drug-likeness (QED) is 0.790. The van der Waals surface area contributed by atoms with Gasteiger partial charge in [0.1, 0.15) is 11.4 Å². The molecule has 0 atom stereocenters. The average molecular weight is 312 g/mol. The topological polar surface area (TPSA) is 104 Å². The molecule has 2 aromatic rings. The molecule has 0 aliphatic heterocycles. The predicted molar refractivity (Wildman–Crippen MR) is 87.9 cm³/mol. The van der Waals surface area contributed by atoms with E-state index < -0.39 is 11.5 Å². The molecule has 1 aromatic heterocycles. The van der Waals surface area contributed by atoms with Crippen LogP contribution in [0.5, 0.6) is 0 Å². The van der Waals surface area contributed by atoms with E-state index in [0.717, 1.165) is 5.56 Å². The maximum atomic E-state index is 11.8. The van der Waals surface area contributed by atoms with Gasteiger partial charge in [0.2, 0.25) is 5.91 Å². The molecule has 23 heavy (non-hydrogen) atoms. The number of amides is 2. The standard InChI is InChI=1S/C16H16N4O3/c1-10(21)19-12-6-3-11(4-7-12)5-8-14-18-9-13(15(22)17-2)16(23)20-14/h3-9H,1-2H3,(H,17,22)(H,19,21)(H,18,20,23)/b8-5-. The SMILES string of the molecule is CNC(=O)c1cnc(/C=C\c2ccc(NC(C)=O)cc2)[nH]c1=O. The van der Waals surface area contributed by atoms with Crippen molar-refractivity contribution in [3.63, 3.8) is 0 Å². The number of carbonyl (C=O) groups excluding carboxylic acids is 2. The third-order valence-corrected chi connectivity index (χ3v) is 2.96. The number of H-pyrrole nitrogens is 1. The molecule has 0 fully saturated rings. The zero-order valence-corrected chi connectivity index (χ0v) is 12.7. The highest BCUT2D eigenvalue weighted by Crippen LogP contribution is 2.11. The van der Waals surface area contributed by atoms with Crippen LogP contribution in [0.1, 0.15) is 28.7 Å². The molecule has 0 unspecified atom stereocenters. The van der Waals surface area contributed by atoms with Crippen molar-refractivity contribution in [1.29, 1.82) is 0 Å². The second-order valence-corrected chi connectivity index (χ2v) is 4.73. The molecule has 1 heterocycles. The average Bonchev–Trinajstić information content (AvgIpc) is 2.53. The summed E-state index contributed by atoms with van der Waals surface area (Å²) in [6, 6.07) is 7.18. The zero-order valence-electron chi connectivity index (χ0n) is 12.7. The summed E-state index contributed by atoms with van der Waals surface area (Å²) in [6.07, 6.45) is 4.62. The van der Waals surface area contributed by atoms with Gasteiger partial charge < -0.3 is 15.6 Å². The number of nitrogens with zero attached hydrogens (tertiary/aromatic N) is 1. The lowest BCUT2D eigenvalue weighted by Gasteiger charge is -2.02. The molecule has 0 saturated carbocycles. The number of aromatic amines is 1. The van der Waals surface area contributed by atoms with Crippen LogP contribution < -0.4 is 16.2 Å². The van der Waals surface area contributed by atoms with E-state index in [1.807, 2.05) is 12.1 Å². The van der Waals surface area contributed by atoms with Gasteiger partial charge in [-0.05, 0) is 23.8 Å². The van der Waals surface area contributed by atoms with Crippen molar-refractivity contribution in [3.05, 3.63) is 57.8 Å². The molecular weight excluding hydrogens is 296 g/mol. The van der Waals surface area contributed by atoms with Crippen LogP contribution in [0.3, 0.4) is 0 Å². The minimum absolute atomic E-state index is 0.0377. The van der Waals surface area contributed by atoms with Gasteiger partial charge in [-0.3, -0.25) is 14.4 Å². The molecule has 1 aromatic carbocycles. The van der Waals surface area contributed by atoms with E-state index >= 15 is 0 Å². The maximum Gasteiger partial charge on any atom is 0.263 e. The van der Waals surface area contributed by atoms with Crippen molar-refractivity contribution in [2.75, 3.05) is 12.4 Å². The van der Waals surface area contributed by atoms with Crippen LogP contribution in [-0.2, 0) is 4.79 Å². The van der Waals surface area contributed by atoms with E-state index in [-0.39, 0.29) is 11.5 Å². The molecule has 2 amide bonds. The molecule has 0 spiro atoms. The van der Waals surface area contributed by atoms with Gasteiger partial charge in [0.25, 0.3) is 11.5 Å². The van der Waals surface area contributed by atoms with Gasteiger partial charge in [-0.15, -0.1) is 0 Å². The Bertz CT molecular complexity index is 807. The highest BCUT2D eigenvalue weighted by Gasteiger charge is 2.08. The lowest BCUT2D eigenvalue weighted by atomic mass is 10.2. The van der Waals surface area contributed by atoms with Crippen molar-refractivity contribution in [3.8, 4) is 0 Å². The second kappa shape index (κ2) is 7.17. The van der Waals surface area contributed by atoms with Gasteiger partial charge in [-0.1, -0.05) is 18.2 Å². The number of nitrogens with one attached hydrogen (secondary N) is 3. The van der Waals surface area contributed by atoms with E-state index in [2.05, 4.69) is 20.6 Å². The summed E-state index contributed by atoms with van der Waals surface area (Å²) in [7, 11) is 1.44. The largest absolute Gasteiger partial charge is 0.355 e. The Morgan fingerprint density at radius 3 is 2.43 bits per heavy atom. The minimum Gasteiger partial charge on any atom is -0.355 e. The first-order valence-corrected chi connectivity index (χ1v) is 6.86. The Kier molecular flexibility index (Phi) is 5.03. The van der Waals surface area contributed by atoms with Crippen molar-refractivity contribution in [1.82, 2.24) is 15.3 Å². The lowest BCUT2D eigenvalue weighted by molar-refractivity contribution is -0.114. The van der Waals surface area contributed by atoms with Gasteiger partial charge in [0.05, 0.1) is 0 Å². The Morgan fingerprint density at radius 1 is 1.17 bits per heavy atom. The monoisotopic (exact) mass is 312 g/mol. The molecule has 7 heteroatoms. The molecule has 7 nitrogen and oxygen atoms in total. The molecule has 3 N–H and O–H groups in total. The number of aromatic nitrogens is 2. The third kappa shape index (κ3) is 4.37. The van der Waals surface area contributed by atoms with Gasteiger partial charge in [0.15, 0.2) is 0 Å². The number of carbonyl (C=O) groups is 2. The van der Waals surface area contributed by atoms with E-state index in [0.29, 0.717) is 11.5 Å². The van der Waals surface area contributed by atoms with Gasteiger partial charge in [-0.2, -0.15) is 0 Å². The lowest BCUT2D eigenvalue weighted by Crippen LogP contribution is -2.27. The van der Waals surface area contributed by atoms with E-state index in [9.17, 15) is 14.4 Å². The summed E-state index contributed by atoms with van der Waals surface area (Å²) >= 11 is 0. The van der Waals surface area contributed by atoms with Gasteiger partial charge in [-0.25, -0.2) is 4.98 Å². The fourth-order valence-corrected chi connectivity index (χ4v) is 1.85. The Labute approximate surface area is 132 Å². The Hall–Kier alpha value is -3.22. The summed E-state index contributed by atoms with van der Waals surface area (Å²) in [4.78, 5) is 40.7. The Morgan fingerprint density at radius 2 is 1.87 bits per heavy atom. The number of benzene rings is 1. The van der Waals surface area contributed by atoms with Gasteiger partial charge >= 0.3 is 0 Å². The third-order valence-electron chi connectivity index (χ3n) is 2.96. The maximum absolute atomic E-state index is 11.8. The fraction of sp³-hybridized carbons (Fsp3) is 0.125. The number of hydrogen-bond donors (Lipinski definition) is 3. The summed E-state index contributed by atoms with van der Waals surface area (Å²) < 4.78 is 0. The molecule has 0 aliphatic carbocycles. The number of rotatable bonds is 4. The van der Waals surface area contributed by atoms with Crippen molar-refractivity contribution in [2.45, 2.75) is 6.92 Å². The van der Waals surface area contributed by atoms with Crippen LogP contribution in [0.4, 0.5) is 5.69 Å². The first-order chi connectivity index (χ1) is 11.0. The molecule has 0 saturated heterocycles. The van der Waals surface area contributed by atoms with E-state index in [4.69, 9.17) is 0 Å². The summed E-state index contributed by atoms with van der Waals surface area (Å²) in [5.41, 5.74) is 1.04.